The number of amides is 4. The van der Waals surface area contributed by atoms with Gasteiger partial charge in [0.2, 0.25) is 5.91 Å². The lowest BCUT2D eigenvalue weighted by molar-refractivity contribution is -0.134. The molecule has 0 radical (unpaired) electrons. The molecular formula is C25H25N3O4S. The number of methoxy groups -OCH3 is 1. The van der Waals surface area contributed by atoms with Crippen LogP contribution in [0.5, 0.6) is 5.75 Å². The Hall–Kier alpha value is -3.65. The molecule has 2 aromatic carbocycles. The van der Waals surface area contributed by atoms with Crippen molar-refractivity contribution in [2.45, 2.75) is 24.9 Å². The van der Waals surface area contributed by atoms with Gasteiger partial charge in [-0.2, -0.15) is 0 Å². The van der Waals surface area contributed by atoms with Gasteiger partial charge in [-0.05, 0) is 35.6 Å². The summed E-state index contributed by atoms with van der Waals surface area (Å²) in [6.07, 6.45) is 0.252. The Morgan fingerprint density at radius 1 is 1.09 bits per heavy atom. The van der Waals surface area contributed by atoms with E-state index in [1.165, 1.54) is 11.3 Å². The van der Waals surface area contributed by atoms with Crippen molar-refractivity contribution in [3.8, 4) is 5.75 Å². The molecule has 1 aromatic heterocycles. The van der Waals surface area contributed by atoms with E-state index in [9.17, 15) is 14.4 Å². The number of ether oxygens (including phenoxy) is 1. The number of hydrogen-bond acceptors (Lipinski definition) is 5. The largest absolute Gasteiger partial charge is 0.496 e. The number of nitrogens with zero attached hydrogens (tertiary/aromatic N) is 1. The van der Waals surface area contributed by atoms with E-state index in [1.54, 1.807) is 20.1 Å². The van der Waals surface area contributed by atoms with Crippen LogP contribution in [-0.4, -0.2) is 41.9 Å². The molecule has 1 fully saturated rings. The Balaban J connectivity index is 1.48. The summed E-state index contributed by atoms with van der Waals surface area (Å²) in [5.41, 5.74) is 0.550. The number of carbonyl (C=O) groups excluding carboxylic acids is 3. The maximum Gasteiger partial charge on any atom is 0.325 e. The van der Waals surface area contributed by atoms with Crippen LogP contribution in [0.1, 0.15) is 29.0 Å². The molecule has 4 amide bonds. The normalized spacial score (nSPS) is 18.7. The van der Waals surface area contributed by atoms with Crippen LogP contribution in [0.2, 0.25) is 0 Å². The summed E-state index contributed by atoms with van der Waals surface area (Å²) in [7, 11) is 1.56. The molecule has 0 unspecified atom stereocenters. The number of benzene rings is 2. The minimum Gasteiger partial charge on any atom is -0.496 e. The molecule has 2 heterocycles. The molecule has 7 nitrogen and oxygen atoms in total. The van der Waals surface area contributed by atoms with Crippen molar-refractivity contribution in [3.05, 3.63) is 88.1 Å². The number of carbonyl (C=O) groups is 3. The lowest BCUT2D eigenvalue weighted by Crippen LogP contribution is -2.47. The summed E-state index contributed by atoms with van der Waals surface area (Å²) in [5, 5.41) is 7.67. The Kier molecular flexibility index (Phi) is 6.46. The smallest absolute Gasteiger partial charge is 0.325 e. The van der Waals surface area contributed by atoms with Gasteiger partial charge in [0, 0.05) is 11.3 Å². The number of para-hydroxylation sites is 1. The maximum atomic E-state index is 13.2. The zero-order chi connectivity index (χ0) is 23.4. The van der Waals surface area contributed by atoms with Gasteiger partial charge >= 0.3 is 6.03 Å². The minimum atomic E-state index is -1.17. The summed E-state index contributed by atoms with van der Waals surface area (Å²) < 4.78 is 5.37. The standard InChI is InChI=1S/C25H25N3O4S/c1-25(15-18-11-6-7-12-19(18)32-2)23(30)28(24(31)27-25)16-21(29)26-22(20-13-8-14-33-20)17-9-4-3-5-10-17/h3-14,22H,15-16H2,1-2H3,(H,26,29)(H,27,31)/t22-,25-/m0/s1. The quantitative estimate of drug-likeness (QED) is 0.501. The Labute approximate surface area is 196 Å². The van der Waals surface area contributed by atoms with E-state index < -0.39 is 23.4 Å². The van der Waals surface area contributed by atoms with E-state index in [4.69, 9.17) is 4.74 Å². The van der Waals surface area contributed by atoms with Crippen molar-refractivity contribution >= 4 is 29.2 Å². The molecule has 2 atom stereocenters. The summed E-state index contributed by atoms with van der Waals surface area (Å²) in [6, 6.07) is 19.9. The van der Waals surface area contributed by atoms with E-state index in [1.807, 2.05) is 66.0 Å². The number of nitrogens with one attached hydrogen (secondary N) is 2. The third-order valence-electron chi connectivity index (χ3n) is 5.65. The summed E-state index contributed by atoms with van der Waals surface area (Å²) in [5.74, 6) is -0.221. The molecule has 170 valence electrons. The van der Waals surface area contributed by atoms with Gasteiger partial charge in [-0.25, -0.2) is 4.79 Å². The van der Waals surface area contributed by atoms with Crippen LogP contribution in [0.4, 0.5) is 4.79 Å². The maximum absolute atomic E-state index is 13.2. The summed E-state index contributed by atoms with van der Waals surface area (Å²) in [6.45, 7) is 1.30. The summed E-state index contributed by atoms with van der Waals surface area (Å²) in [4.78, 5) is 40.7. The van der Waals surface area contributed by atoms with Gasteiger partial charge in [0.25, 0.3) is 5.91 Å². The lowest BCUT2D eigenvalue weighted by atomic mass is 9.92. The van der Waals surface area contributed by atoms with Crippen LogP contribution < -0.4 is 15.4 Å². The Morgan fingerprint density at radius 3 is 2.52 bits per heavy atom. The first-order valence-corrected chi connectivity index (χ1v) is 11.4. The molecule has 0 bridgehead atoms. The number of imide groups is 1. The third kappa shape index (κ3) is 4.75. The van der Waals surface area contributed by atoms with Crippen LogP contribution in [0, 0.1) is 0 Å². The van der Waals surface area contributed by atoms with E-state index in [-0.39, 0.29) is 19.0 Å². The van der Waals surface area contributed by atoms with E-state index in [2.05, 4.69) is 10.6 Å². The molecular weight excluding hydrogens is 438 g/mol. The number of thiophene rings is 1. The van der Waals surface area contributed by atoms with Crippen molar-refractivity contribution in [3.63, 3.8) is 0 Å². The number of urea groups is 1. The van der Waals surface area contributed by atoms with Crippen molar-refractivity contribution in [2.75, 3.05) is 13.7 Å². The molecule has 0 aliphatic carbocycles. The van der Waals surface area contributed by atoms with Crippen LogP contribution in [0.15, 0.2) is 72.1 Å². The predicted octanol–water partition coefficient (Wildman–Crippen LogP) is 3.52. The fourth-order valence-electron chi connectivity index (χ4n) is 4.01. The molecule has 33 heavy (non-hydrogen) atoms. The van der Waals surface area contributed by atoms with Gasteiger partial charge in [-0.15, -0.1) is 11.3 Å². The first-order valence-electron chi connectivity index (χ1n) is 10.5. The average Bonchev–Trinajstić information content (AvgIpc) is 3.42. The van der Waals surface area contributed by atoms with Crippen molar-refractivity contribution in [2.24, 2.45) is 0 Å². The van der Waals surface area contributed by atoms with Crippen LogP contribution >= 0.6 is 11.3 Å². The monoisotopic (exact) mass is 463 g/mol. The van der Waals surface area contributed by atoms with Crippen molar-refractivity contribution < 1.29 is 19.1 Å². The topological polar surface area (TPSA) is 87.7 Å². The highest BCUT2D eigenvalue weighted by molar-refractivity contribution is 7.10. The first kappa shape index (κ1) is 22.5. The van der Waals surface area contributed by atoms with E-state index >= 15 is 0 Å². The second kappa shape index (κ2) is 9.46. The third-order valence-corrected chi connectivity index (χ3v) is 6.59. The highest BCUT2D eigenvalue weighted by Crippen LogP contribution is 2.28. The molecule has 1 saturated heterocycles. The molecule has 1 aliphatic heterocycles. The highest BCUT2D eigenvalue weighted by Gasteiger charge is 2.48. The van der Waals surface area contributed by atoms with Crippen LogP contribution in [0.25, 0.3) is 0 Å². The molecule has 0 spiro atoms. The van der Waals surface area contributed by atoms with Gasteiger partial charge in [-0.3, -0.25) is 14.5 Å². The first-order chi connectivity index (χ1) is 15.9. The van der Waals surface area contributed by atoms with Gasteiger partial charge < -0.3 is 15.4 Å². The molecule has 4 rings (SSSR count). The van der Waals surface area contributed by atoms with Gasteiger partial charge in [-0.1, -0.05) is 54.6 Å². The molecule has 2 N–H and O–H groups in total. The average molecular weight is 464 g/mol. The number of rotatable bonds is 8. The summed E-state index contributed by atoms with van der Waals surface area (Å²) >= 11 is 1.53. The molecule has 0 saturated carbocycles. The Morgan fingerprint density at radius 2 is 1.82 bits per heavy atom. The second-order valence-corrected chi connectivity index (χ2v) is 9.05. The lowest BCUT2D eigenvalue weighted by Gasteiger charge is -2.23. The van der Waals surface area contributed by atoms with Crippen molar-refractivity contribution in [1.29, 1.82) is 0 Å². The zero-order valence-electron chi connectivity index (χ0n) is 18.4. The van der Waals surface area contributed by atoms with Gasteiger partial charge in [0.1, 0.15) is 17.8 Å². The fraction of sp³-hybridized carbons (Fsp3) is 0.240. The van der Waals surface area contributed by atoms with E-state index in [0.717, 1.165) is 20.9 Å². The second-order valence-electron chi connectivity index (χ2n) is 8.07. The molecule has 1 aliphatic rings. The van der Waals surface area contributed by atoms with Gasteiger partial charge in [0.05, 0.1) is 13.2 Å². The minimum absolute atomic E-state index is 0.252. The highest BCUT2D eigenvalue weighted by atomic mass is 32.1. The van der Waals surface area contributed by atoms with Crippen molar-refractivity contribution in [1.82, 2.24) is 15.5 Å². The molecule has 3 aromatic rings. The Bertz CT molecular complexity index is 1150. The van der Waals surface area contributed by atoms with Crippen LogP contribution in [0.3, 0.4) is 0 Å². The van der Waals surface area contributed by atoms with E-state index in [0.29, 0.717) is 5.75 Å². The predicted molar refractivity (Wildman–Crippen MR) is 126 cm³/mol. The zero-order valence-corrected chi connectivity index (χ0v) is 19.2. The van der Waals surface area contributed by atoms with Crippen LogP contribution in [-0.2, 0) is 16.0 Å². The van der Waals surface area contributed by atoms with Gasteiger partial charge in [0.15, 0.2) is 0 Å². The SMILES string of the molecule is COc1ccccc1C[C@]1(C)NC(=O)N(CC(=O)N[C@@H](c2ccccc2)c2cccs2)C1=O. The fourth-order valence-corrected chi connectivity index (χ4v) is 4.81. The number of hydrogen-bond donors (Lipinski definition) is 2. The molecule has 8 heteroatoms.